The maximum Gasteiger partial charge on any atom is 0.248 e. The Morgan fingerprint density at radius 2 is 1.96 bits per heavy atom. The van der Waals surface area contributed by atoms with Crippen molar-refractivity contribution in [2.75, 3.05) is 23.3 Å². The van der Waals surface area contributed by atoms with Crippen LogP contribution in [0.4, 0.5) is 11.4 Å². The first kappa shape index (κ1) is 17.7. The number of benzene rings is 1. The van der Waals surface area contributed by atoms with E-state index < -0.39 is 5.91 Å². The van der Waals surface area contributed by atoms with Crippen LogP contribution in [-0.2, 0) is 4.79 Å². The Labute approximate surface area is 152 Å². The van der Waals surface area contributed by atoms with Gasteiger partial charge in [0.2, 0.25) is 11.8 Å². The summed E-state index contributed by atoms with van der Waals surface area (Å²) in [5.74, 6) is -0.787. The molecule has 2 aromatic rings. The Balaban J connectivity index is 1.81. The second-order valence-electron chi connectivity index (χ2n) is 6.25. The second-order valence-corrected chi connectivity index (χ2v) is 6.25. The van der Waals surface area contributed by atoms with Crippen LogP contribution in [0.25, 0.3) is 6.08 Å². The standard InChI is InChI=1S/C20H22N4O2/c21-20(26)16-7-8-18(24-11-2-1-3-12-24)17(13-16)23-19(25)9-6-15-5-4-10-22-14-15/h4-10,13-14H,1-3,11-12H2,(H2,21,26)(H,23,25)/b9-6+. The minimum Gasteiger partial charge on any atom is -0.370 e. The van der Waals surface area contributed by atoms with Crippen molar-refractivity contribution in [2.45, 2.75) is 19.3 Å². The first-order chi connectivity index (χ1) is 12.6. The molecule has 1 aliphatic rings. The van der Waals surface area contributed by atoms with Gasteiger partial charge in [0.05, 0.1) is 11.4 Å². The molecule has 6 heteroatoms. The maximum atomic E-state index is 12.3. The molecule has 3 N–H and O–H groups in total. The van der Waals surface area contributed by atoms with Gasteiger partial charge in [-0.2, -0.15) is 0 Å². The van der Waals surface area contributed by atoms with Crippen LogP contribution in [0.3, 0.4) is 0 Å². The molecule has 1 saturated heterocycles. The molecule has 2 heterocycles. The topological polar surface area (TPSA) is 88.3 Å². The van der Waals surface area contributed by atoms with Gasteiger partial charge in [0.25, 0.3) is 0 Å². The predicted octanol–water partition coefficient (Wildman–Crippen LogP) is 2.82. The largest absolute Gasteiger partial charge is 0.370 e. The molecule has 3 rings (SSSR count). The molecule has 1 aromatic heterocycles. The van der Waals surface area contributed by atoms with Crippen LogP contribution >= 0.6 is 0 Å². The monoisotopic (exact) mass is 350 g/mol. The van der Waals surface area contributed by atoms with Crippen LogP contribution in [0.5, 0.6) is 0 Å². The number of piperidine rings is 1. The van der Waals surface area contributed by atoms with Gasteiger partial charge in [-0.05, 0) is 55.2 Å². The quantitative estimate of drug-likeness (QED) is 0.812. The third kappa shape index (κ3) is 4.47. The smallest absolute Gasteiger partial charge is 0.248 e. The highest BCUT2D eigenvalue weighted by Gasteiger charge is 2.17. The fourth-order valence-corrected chi connectivity index (χ4v) is 3.02. The number of carbonyl (C=O) groups excluding carboxylic acids is 2. The van der Waals surface area contributed by atoms with E-state index in [2.05, 4.69) is 15.2 Å². The molecule has 0 bridgehead atoms. The summed E-state index contributed by atoms with van der Waals surface area (Å²) in [5, 5.41) is 2.88. The number of nitrogens with two attached hydrogens (primary N) is 1. The Kier molecular flexibility index (Phi) is 5.63. The lowest BCUT2D eigenvalue weighted by Crippen LogP contribution is -2.30. The van der Waals surface area contributed by atoms with Crippen LogP contribution < -0.4 is 16.0 Å². The third-order valence-electron chi connectivity index (χ3n) is 4.35. The highest BCUT2D eigenvalue weighted by Crippen LogP contribution is 2.29. The third-order valence-corrected chi connectivity index (χ3v) is 4.35. The minimum absolute atomic E-state index is 0.270. The number of hydrogen-bond donors (Lipinski definition) is 2. The van der Waals surface area contributed by atoms with E-state index in [1.54, 1.807) is 30.6 Å². The number of primary amides is 1. The van der Waals surface area contributed by atoms with E-state index in [9.17, 15) is 9.59 Å². The van der Waals surface area contributed by atoms with Gasteiger partial charge in [-0.25, -0.2) is 0 Å². The van der Waals surface area contributed by atoms with Gasteiger partial charge in [0.1, 0.15) is 0 Å². The van der Waals surface area contributed by atoms with Gasteiger partial charge in [0, 0.05) is 37.1 Å². The molecule has 1 aromatic carbocycles. The number of pyridine rings is 1. The normalized spacial score (nSPS) is 14.4. The zero-order chi connectivity index (χ0) is 18.4. The molecule has 0 radical (unpaired) electrons. The summed E-state index contributed by atoms with van der Waals surface area (Å²) in [7, 11) is 0. The van der Waals surface area contributed by atoms with Crippen LogP contribution in [0.2, 0.25) is 0 Å². The lowest BCUT2D eigenvalue weighted by atomic mass is 10.1. The average Bonchev–Trinajstić information content (AvgIpc) is 2.68. The zero-order valence-electron chi connectivity index (χ0n) is 14.5. The van der Waals surface area contributed by atoms with Crippen LogP contribution in [-0.4, -0.2) is 29.9 Å². The molecule has 0 atom stereocenters. The summed E-state index contributed by atoms with van der Waals surface area (Å²) >= 11 is 0. The Morgan fingerprint density at radius 1 is 1.15 bits per heavy atom. The van der Waals surface area contributed by atoms with E-state index in [0.29, 0.717) is 11.3 Å². The zero-order valence-corrected chi connectivity index (χ0v) is 14.5. The highest BCUT2D eigenvalue weighted by atomic mass is 16.1. The minimum atomic E-state index is -0.517. The van der Waals surface area contributed by atoms with Crippen molar-refractivity contribution in [1.82, 2.24) is 4.98 Å². The van der Waals surface area contributed by atoms with Crippen molar-refractivity contribution in [2.24, 2.45) is 5.73 Å². The number of nitrogens with one attached hydrogen (secondary N) is 1. The Morgan fingerprint density at radius 3 is 2.65 bits per heavy atom. The molecular weight excluding hydrogens is 328 g/mol. The van der Waals surface area contributed by atoms with Crippen LogP contribution in [0.15, 0.2) is 48.8 Å². The summed E-state index contributed by atoms with van der Waals surface area (Å²) in [6.45, 7) is 1.87. The van der Waals surface area contributed by atoms with Crippen LogP contribution in [0, 0.1) is 0 Å². The second kappa shape index (κ2) is 8.29. The molecular formula is C20H22N4O2. The average molecular weight is 350 g/mol. The van der Waals surface area contributed by atoms with Crippen molar-refractivity contribution < 1.29 is 9.59 Å². The number of rotatable bonds is 5. The molecule has 0 aliphatic carbocycles. The summed E-state index contributed by atoms with van der Waals surface area (Å²) < 4.78 is 0. The molecule has 2 amide bonds. The highest BCUT2D eigenvalue weighted by molar-refractivity contribution is 6.05. The van der Waals surface area contributed by atoms with Gasteiger partial charge in [-0.15, -0.1) is 0 Å². The van der Waals surface area contributed by atoms with Gasteiger partial charge < -0.3 is 16.0 Å². The van der Waals surface area contributed by atoms with Crippen molar-refractivity contribution in [3.8, 4) is 0 Å². The van der Waals surface area contributed by atoms with Crippen molar-refractivity contribution >= 4 is 29.3 Å². The molecule has 0 spiro atoms. The molecule has 26 heavy (non-hydrogen) atoms. The summed E-state index contributed by atoms with van der Waals surface area (Å²) in [4.78, 5) is 30.1. The van der Waals surface area contributed by atoms with Gasteiger partial charge in [0.15, 0.2) is 0 Å². The van der Waals surface area contributed by atoms with E-state index in [1.165, 1.54) is 12.5 Å². The van der Waals surface area contributed by atoms with Gasteiger partial charge >= 0.3 is 0 Å². The summed E-state index contributed by atoms with van der Waals surface area (Å²) in [6, 6.07) is 8.87. The first-order valence-electron chi connectivity index (χ1n) is 8.71. The molecule has 1 fully saturated rings. The predicted molar refractivity (Wildman–Crippen MR) is 103 cm³/mol. The Hall–Kier alpha value is -3.15. The fraction of sp³-hybridized carbons (Fsp3) is 0.250. The lowest BCUT2D eigenvalue weighted by molar-refractivity contribution is -0.111. The maximum absolute atomic E-state index is 12.3. The van der Waals surface area contributed by atoms with E-state index in [0.717, 1.165) is 37.2 Å². The fourth-order valence-electron chi connectivity index (χ4n) is 3.02. The number of nitrogens with zero attached hydrogens (tertiary/aromatic N) is 2. The van der Waals surface area contributed by atoms with E-state index in [-0.39, 0.29) is 5.91 Å². The number of aromatic nitrogens is 1. The van der Waals surface area contributed by atoms with Gasteiger partial charge in [-0.3, -0.25) is 14.6 Å². The summed E-state index contributed by atoms with van der Waals surface area (Å²) in [5.41, 5.74) is 8.12. The van der Waals surface area contributed by atoms with E-state index >= 15 is 0 Å². The van der Waals surface area contributed by atoms with Crippen molar-refractivity contribution in [3.05, 3.63) is 59.9 Å². The van der Waals surface area contributed by atoms with E-state index in [4.69, 9.17) is 5.73 Å². The number of anilines is 2. The molecule has 0 unspecified atom stereocenters. The SMILES string of the molecule is NC(=O)c1ccc(N2CCCCC2)c(NC(=O)/C=C/c2cccnc2)c1. The van der Waals surface area contributed by atoms with Crippen molar-refractivity contribution in [1.29, 1.82) is 0 Å². The number of carbonyl (C=O) groups is 2. The lowest BCUT2D eigenvalue weighted by Gasteiger charge is -2.30. The van der Waals surface area contributed by atoms with Gasteiger partial charge in [-0.1, -0.05) is 6.07 Å². The molecule has 6 nitrogen and oxygen atoms in total. The molecule has 0 saturated carbocycles. The Bertz CT molecular complexity index is 812. The first-order valence-corrected chi connectivity index (χ1v) is 8.71. The van der Waals surface area contributed by atoms with Crippen LogP contribution in [0.1, 0.15) is 35.2 Å². The number of amides is 2. The van der Waals surface area contributed by atoms with Crippen molar-refractivity contribution in [3.63, 3.8) is 0 Å². The number of hydrogen-bond acceptors (Lipinski definition) is 4. The summed E-state index contributed by atoms with van der Waals surface area (Å²) in [6.07, 6.45) is 9.95. The molecule has 1 aliphatic heterocycles. The molecule has 134 valence electrons. The van der Waals surface area contributed by atoms with E-state index in [1.807, 2.05) is 18.2 Å².